The highest BCUT2D eigenvalue weighted by Crippen LogP contribution is 2.27. The van der Waals surface area contributed by atoms with Crippen molar-refractivity contribution < 1.29 is 0 Å². The van der Waals surface area contributed by atoms with Gasteiger partial charge >= 0.3 is 0 Å². The Morgan fingerprint density at radius 1 is 1.29 bits per heavy atom. The van der Waals surface area contributed by atoms with Crippen LogP contribution in [0.2, 0.25) is 0 Å². The van der Waals surface area contributed by atoms with Crippen molar-refractivity contribution in [2.75, 3.05) is 11.2 Å². The number of benzene rings is 1. The van der Waals surface area contributed by atoms with E-state index >= 15 is 0 Å². The first-order valence-electron chi connectivity index (χ1n) is 4.17. The first-order valence-corrected chi connectivity index (χ1v) is 5.40. The Morgan fingerprint density at radius 3 is 2.43 bits per heavy atom. The van der Waals surface area contributed by atoms with Gasteiger partial charge in [-0.25, -0.2) is 0 Å². The topological polar surface area (TPSA) is 50.9 Å². The van der Waals surface area contributed by atoms with Gasteiger partial charge in [0, 0.05) is 4.90 Å². The van der Waals surface area contributed by atoms with E-state index in [4.69, 9.17) is 10.8 Å². The van der Waals surface area contributed by atoms with Crippen molar-refractivity contribution in [1.29, 1.82) is 10.8 Å². The fourth-order valence-corrected chi connectivity index (χ4v) is 1.91. The van der Waals surface area contributed by atoms with E-state index < -0.39 is 0 Å². The van der Waals surface area contributed by atoms with Crippen molar-refractivity contribution in [3.8, 4) is 0 Å². The van der Waals surface area contributed by atoms with Crippen LogP contribution in [0.3, 0.4) is 0 Å². The second kappa shape index (κ2) is 4.81. The van der Waals surface area contributed by atoms with Gasteiger partial charge in [0.05, 0.1) is 18.4 Å². The normalized spacial score (nSPS) is 9.57. The molecule has 0 aliphatic heterocycles. The van der Waals surface area contributed by atoms with Gasteiger partial charge in [-0.15, -0.1) is 11.8 Å². The van der Waals surface area contributed by atoms with Crippen LogP contribution in [-0.2, 0) is 0 Å². The van der Waals surface area contributed by atoms with Crippen LogP contribution >= 0.6 is 11.8 Å². The van der Waals surface area contributed by atoms with Gasteiger partial charge in [-0.2, -0.15) is 0 Å². The predicted molar refractivity (Wildman–Crippen MR) is 63.0 cm³/mol. The molecule has 0 aliphatic carbocycles. The second-order valence-corrected chi connectivity index (χ2v) is 3.62. The Bertz CT molecular complexity index is 341. The fourth-order valence-electron chi connectivity index (χ4n) is 1.28. The molecule has 1 rings (SSSR count). The molecule has 0 saturated heterocycles. The van der Waals surface area contributed by atoms with Crippen LogP contribution in [0.5, 0.6) is 0 Å². The largest absolute Gasteiger partial charge is 0.292 e. The van der Waals surface area contributed by atoms with Crippen LogP contribution < -0.4 is 4.90 Å². The van der Waals surface area contributed by atoms with Gasteiger partial charge in [-0.3, -0.25) is 15.7 Å². The van der Waals surface area contributed by atoms with Crippen molar-refractivity contribution in [2.45, 2.75) is 11.8 Å². The molecule has 1 aromatic carbocycles. The molecule has 2 N–H and O–H groups in total. The molecule has 1 aromatic rings. The van der Waals surface area contributed by atoms with E-state index in [-0.39, 0.29) is 0 Å². The third kappa shape index (κ3) is 1.96. The number of rotatable bonds is 4. The average Bonchev–Trinajstić information content (AvgIpc) is 2.22. The molecular formula is C10H13N3S. The van der Waals surface area contributed by atoms with E-state index in [0.717, 1.165) is 23.9 Å². The molecule has 0 unspecified atom stereocenters. The predicted octanol–water partition coefficient (Wildman–Crippen LogP) is 2.74. The Balaban J connectivity index is 3.20. The maximum absolute atomic E-state index is 7.16. The highest BCUT2D eigenvalue weighted by Gasteiger charge is 2.06. The number of nitrogens with one attached hydrogen (secondary N) is 2. The minimum Gasteiger partial charge on any atom is -0.292 e. The molecule has 0 aliphatic rings. The molecule has 0 radical (unpaired) electrons. The lowest BCUT2D eigenvalue weighted by Crippen LogP contribution is -2.18. The summed E-state index contributed by atoms with van der Waals surface area (Å²) in [6.45, 7) is 2.00. The van der Waals surface area contributed by atoms with Crippen LogP contribution in [0.25, 0.3) is 0 Å². The first kappa shape index (κ1) is 10.8. The van der Waals surface area contributed by atoms with Gasteiger partial charge in [0.1, 0.15) is 0 Å². The van der Waals surface area contributed by atoms with E-state index in [9.17, 15) is 0 Å². The third-order valence-electron chi connectivity index (χ3n) is 2.03. The summed E-state index contributed by atoms with van der Waals surface area (Å²) < 4.78 is 0. The Labute approximate surface area is 88.1 Å². The lowest BCUT2D eigenvalue weighted by molar-refractivity contribution is 1.26. The summed E-state index contributed by atoms with van der Waals surface area (Å²) in [5, 5.41) is 14.3. The molecular weight excluding hydrogens is 194 g/mol. The van der Waals surface area contributed by atoms with E-state index in [1.807, 2.05) is 31.4 Å². The Hall–Kier alpha value is -1.29. The summed E-state index contributed by atoms with van der Waals surface area (Å²) in [6.07, 6.45) is 4.30. The standard InChI is InChI=1S/C10H13N3S/c1-8-9(13(6-11)7-12)4-3-5-10(8)14-2/h3-7,11-12H,1-2H3. The zero-order valence-electron chi connectivity index (χ0n) is 8.24. The molecule has 14 heavy (non-hydrogen) atoms. The number of thioether (sulfide) groups is 1. The van der Waals surface area contributed by atoms with Crippen molar-refractivity contribution in [3.63, 3.8) is 0 Å². The Kier molecular flexibility index (Phi) is 3.71. The molecule has 0 spiro atoms. The molecule has 3 nitrogen and oxygen atoms in total. The maximum atomic E-state index is 7.16. The summed E-state index contributed by atoms with van der Waals surface area (Å²) in [4.78, 5) is 2.66. The quantitative estimate of drug-likeness (QED) is 0.453. The zero-order chi connectivity index (χ0) is 10.6. The molecule has 0 bridgehead atoms. The van der Waals surface area contributed by atoms with E-state index in [1.54, 1.807) is 11.8 Å². The number of hydrogen-bond donors (Lipinski definition) is 2. The van der Waals surface area contributed by atoms with Crippen molar-refractivity contribution in [3.05, 3.63) is 23.8 Å². The Morgan fingerprint density at radius 2 is 1.93 bits per heavy atom. The van der Waals surface area contributed by atoms with Crippen LogP contribution in [0.4, 0.5) is 5.69 Å². The summed E-state index contributed by atoms with van der Waals surface area (Å²) in [5.41, 5.74) is 1.99. The molecule has 0 heterocycles. The molecule has 0 atom stereocenters. The minimum atomic E-state index is 0.891. The highest BCUT2D eigenvalue weighted by atomic mass is 32.2. The van der Waals surface area contributed by atoms with Crippen molar-refractivity contribution >= 4 is 30.1 Å². The number of hydrogen-bond acceptors (Lipinski definition) is 3. The highest BCUT2D eigenvalue weighted by molar-refractivity contribution is 7.98. The maximum Gasteiger partial charge on any atom is 0.0915 e. The smallest absolute Gasteiger partial charge is 0.0915 e. The molecule has 0 amide bonds. The molecule has 4 heteroatoms. The zero-order valence-corrected chi connectivity index (χ0v) is 9.06. The lowest BCUT2D eigenvalue weighted by atomic mass is 10.2. The summed E-state index contributed by atoms with van der Waals surface area (Å²) in [7, 11) is 0. The second-order valence-electron chi connectivity index (χ2n) is 2.77. The SMILES string of the molecule is CSc1cccc(N(C=N)C=N)c1C. The van der Waals surface area contributed by atoms with E-state index in [1.165, 1.54) is 9.80 Å². The van der Waals surface area contributed by atoms with E-state index in [2.05, 4.69) is 0 Å². The van der Waals surface area contributed by atoms with Crippen LogP contribution in [0.1, 0.15) is 5.56 Å². The third-order valence-corrected chi connectivity index (χ3v) is 2.91. The number of nitrogens with zero attached hydrogens (tertiary/aromatic N) is 1. The van der Waals surface area contributed by atoms with Crippen LogP contribution in [-0.4, -0.2) is 18.9 Å². The minimum absolute atomic E-state index is 0.891. The van der Waals surface area contributed by atoms with Gasteiger partial charge in [0.25, 0.3) is 0 Å². The summed E-state index contributed by atoms with van der Waals surface area (Å²) in [5.74, 6) is 0. The van der Waals surface area contributed by atoms with E-state index in [0.29, 0.717) is 0 Å². The number of anilines is 1. The van der Waals surface area contributed by atoms with Crippen molar-refractivity contribution in [2.24, 2.45) is 0 Å². The molecule has 74 valence electrons. The molecule has 0 aromatic heterocycles. The van der Waals surface area contributed by atoms with Gasteiger partial charge in [0.15, 0.2) is 0 Å². The fraction of sp³-hybridized carbons (Fsp3) is 0.200. The van der Waals surface area contributed by atoms with Crippen LogP contribution in [0.15, 0.2) is 23.1 Å². The monoisotopic (exact) mass is 207 g/mol. The lowest BCUT2D eigenvalue weighted by Gasteiger charge is -2.16. The summed E-state index contributed by atoms with van der Waals surface area (Å²) in [6, 6.07) is 5.88. The van der Waals surface area contributed by atoms with Gasteiger partial charge in [-0.05, 0) is 30.9 Å². The van der Waals surface area contributed by atoms with Gasteiger partial charge in [0.2, 0.25) is 0 Å². The van der Waals surface area contributed by atoms with Crippen LogP contribution in [0, 0.1) is 17.7 Å². The van der Waals surface area contributed by atoms with Crippen molar-refractivity contribution in [1.82, 2.24) is 0 Å². The molecule has 0 saturated carbocycles. The average molecular weight is 207 g/mol. The summed E-state index contributed by atoms with van der Waals surface area (Å²) >= 11 is 1.67. The first-order chi connectivity index (χ1) is 6.74. The van der Waals surface area contributed by atoms with Gasteiger partial charge in [-0.1, -0.05) is 6.07 Å². The molecule has 0 fully saturated rings. The van der Waals surface area contributed by atoms with Gasteiger partial charge < -0.3 is 0 Å².